The lowest BCUT2D eigenvalue weighted by Crippen LogP contribution is -2.38. The molecule has 0 bridgehead atoms. The first-order valence-electron chi connectivity index (χ1n) is 7.06. The predicted molar refractivity (Wildman–Crippen MR) is 83.0 cm³/mol. The van der Waals surface area contributed by atoms with Gasteiger partial charge < -0.3 is 9.64 Å². The summed E-state index contributed by atoms with van der Waals surface area (Å²) in [6, 6.07) is 0. The number of rotatable bonds is 2. The third-order valence-corrected chi connectivity index (χ3v) is 4.66. The number of aromatic nitrogens is 2. The lowest BCUT2D eigenvalue weighted by Gasteiger charge is -2.27. The SMILES string of the molecule is CCn1ncc(C=C2SC(N3CCOCC3)=NC2=O)c1C. The van der Waals surface area contributed by atoms with Crippen molar-refractivity contribution < 1.29 is 9.53 Å². The number of morpholine rings is 1. The molecule has 112 valence electrons. The van der Waals surface area contributed by atoms with Gasteiger partial charge in [0.2, 0.25) is 0 Å². The van der Waals surface area contributed by atoms with Gasteiger partial charge in [-0.3, -0.25) is 9.48 Å². The van der Waals surface area contributed by atoms with E-state index in [1.165, 1.54) is 11.8 Å². The Kier molecular flexibility index (Phi) is 4.12. The summed E-state index contributed by atoms with van der Waals surface area (Å²) in [4.78, 5) is 19.0. The molecule has 1 amide bonds. The first-order valence-corrected chi connectivity index (χ1v) is 7.88. The number of nitrogens with zero attached hydrogens (tertiary/aromatic N) is 4. The van der Waals surface area contributed by atoms with Crippen LogP contribution in [0.15, 0.2) is 16.1 Å². The number of hydrogen-bond donors (Lipinski definition) is 0. The standard InChI is InChI=1S/C14H18N4O2S/c1-3-18-10(2)11(9-15-18)8-12-13(19)16-14(21-12)17-4-6-20-7-5-17/h8-9H,3-7H2,1-2H3. The van der Waals surface area contributed by atoms with Crippen LogP contribution in [0.25, 0.3) is 6.08 Å². The van der Waals surface area contributed by atoms with Crippen molar-refractivity contribution in [3.05, 3.63) is 22.4 Å². The van der Waals surface area contributed by atoms with E-state index in [-0.39, 0.29) is 5.91 Å². The van der Waals surface area contributed by atoms with Crippen LogP contribution in [0.1, 0.15) is 18.2 Å². The minimum absolute atomic E-state index is 0.162. The highest BCUT2D eigenvalue weighted by atomic mass is 32.2. The van der Waals surface area contributed by atoms with Gasteiger partial charge >= 0.3 is 0 Å². The van der Waals surface area contributed by atoms with E-state index in [1.54, 1.807) is 6.20 Å². The van der Waals surface area contributed by atoms with Crippen molar-refractivity contribution in [2.24, 2.45) is 4.99 Å². The average molecular weight is 306 g/mol. The van der Waals surface area contributed by atoms with Crippen LogP contribution in [0.4, 0.5) is 0 Å². The van der Waals surface area contributed by atoms with Crippen molar-refractivity contribution in [2.75, 3.05) is 26.3 Å². The van der Waals surface area contributed by atoms with Crippen molar-refractivity contribution in [1.29, 1.82) is 0 Å². The summed E-state index contributed by atoms with van der Waals surface area (Å²) in [5.41, 5.74) is 2.05. The lowest BCUT2D eigenvalue weighted by molar-refractivity contribution is -0.113. The van der Waals surface area contributed by atoms with E-state index < -0.39 is 0 Å². The third-order valence-electron chi connectivity index (χ3n) is 3.62. The normalized spacial score (nSPS) is 21.2. The van der Waals surface area contributed by atoms with Gasteiger partial charge in [-0.25, -0.2) is 0 Å². The Morgan fingerprint density at radius 1 is 1.43 bits per heavy atom. The van der Waals surface area contributed by atoms with Gasteiger partial charge in [0.05, 0.1) is 24.3 Å². The summed E-state index contributed by atoms with van der Waals surface area (Å²) >= 11 is 1.44. The highest BCUT2D eigenvalue weighted by Crippen LogP contribution is 2.31. The number of ether oxygens (including phenoxy) is 1. The Hall–Kier alpha value is -1.60. The minimum Gasteiger partial charge on any atom is -0.378 e. The van der Waals surface area contributed by atoms with E-state index in [4.69, 9.17) is 4.74 Å². The highest BCUT2D eigenvalue weighted by Gasteiger charge is 2.27. The van der Waals surface area contributed by atoms with Crippen LogP contribution in [-0.4, -0.2) is 52.1 Å². The molecule has 3 heterocycles. The fourth-order valence-electron chi connectivity index (χ4n) is 2.35. The molecule has 1 aromatic heterocycles. The van der Waals surface area contributed by atoms with Crippen LogP contribution >= 0.6 is 11.8 Å². The molecule has 0 aromatic carbocycles. The molecule has 0 unspecified atom stereocenters. The topological polar surface area (TPSA) is 59.7 Å². The lowest BCUT2D eigenvalue weighted by atomic mass is 10.2. The fraction of sp³-hybridized carbons (Fsp3) is 0.500. The van der Waals surface area contributed by atoms with Crippen LogP contribution in [0.3, 0.4) is 0 Å². The zero-order chi connectivity index (χ0) is 14.8. The van der Waals surface area contributed by atoms with Crippen molar-refractivity contribution in [3.63, 3.8) is 0 Å². The monoisotopic (exact) mass is 306 g/mol. The molecule has 7 heteroatoms. The Balaban J connectivity index is 1.77. The van der Waals surface area contributed by atoms with Gasteiger partial charge in [0, 0.05) is 30.9 Å². The van der Waals surface area contributed by atoms with Crippen LogP contribution < -0.4 is 0 Å². The molecule has 0 N–H and O–H groups in total. The Morgan fingerprint density at radius 3 is 2.86 bits per heavy atom. The third kappa shape index (κ3) is 2.89. The van der Waals surface area contributed by atoms with Crippen molar-refractivity contribution in [2.45, 2.75) is 20.4 Å². The number of amides is 1. The van der Waals surface area contributed by atoms with E-state index in [1.807, 2.05) is 24.6 Å². The van der Waals surface area contributed by atoms with Crippen LogP contribution in [0.2, 0.25) is 0 Å². The summed E-state index contributed by atoms with van der Waals surface area (Å²) in [5, 5.41) is 5.08. The van der Waals surface area contributed by atoms with Gasteiger partial charge in [-0.05, 0) is 31.7 Å². The van der Waals surface area contributed by atoms with Gasteiger partial charge in [0.25, 0.3) is 5.91 Å². The van der Waals surface area contributed by atoms with Crippen molar-refractivity contribution in [1.82, 2.24) is 14.7 Å². The quantitative estimate of drug-likeness (QED) is 0.775. The van der Waals surface area contributed by atoms with E-state index in [9.17, 15) is 4.79 Å². The van der Waals surface area contributed by atoms with Crippen LogP contribution in [-0.2, 0) is 16.1 Å². The van der Waals surface area contributed by atoms with Crippen molar-refractivity contribution in [3.8, 4) is 0 Å². The first kappa shape index (κ1) is 14.3. The Labute approximate surface area is 127 Å². The summed E-state index contributed by atoms with van der Waals surface area (Å²) < 4.78 is 7.24. The molecule has 6 nitrogen and oxygen atoms in total. The molecule has 21 heavy (non-hydrogen) atoms. The zero-order valence-corrected chi connectivity index (χ0v) is 13.0. The number of carbonyl (C=O) groups excluding carboxylic acids is 1. The average Bonchev–Trinajstić information content (AvgIpc) is 3.05. The second kappa shape index (κ2) is 6.03. The van der Waals surface area contributed by atoms with Gasteiger partial charge in [0.1, 0.15) is 0 Å². The first-order chi connectivity index (χ1) is 10.2. The van der Waals surface area contributed by atoms with Gasteiger partial charge in [-0.2, -0.15) is 10.1 Å². The minimum atomic E-state index is -0.162. The van der Waals surface area contributed by atoms with E-state index >= 15 is 0 Å². The molecule has 0 saturated carbocycles. The summed E-state index contributed by atoms with van der Waals surface area (Å²) in [7, 11) is 0. The van der Waals surface area contributed by atoms with Crippen LogP contribution in [0.5, 0.6) is 0 Å². The molecule has 2 aliphatic rings. The molecule has 0 spiro atoms. The molecule has 0 atom stereocenters. The van der Waals surface area contributed by atoms with Gasteiger partial charge in [0.15, 0.2) is 5.17 Å². The number of hydrogen-bond acceptors (Lipinski definition) is 5. The summed E-state index contributed by atoms with van der Waals surface area (Å²) in [6.07, 6.45) is 3.69. The number of aliphatic imine (C=N–C) groups is 1. The molecule has 0 radical (unpaired) electrons. The van der Waals surface area contributed by atoms with E-state index in [0.29, 0.717) is 18.1 Å². The second-order valence-electron chi connectivity index (χ2n) is 4.91. The summed E-state index contributed by atoms with van der Waals surface area (Å²) in [6.45, 7) is 7.84. The molecule has 0 aliphatic carbocycles. The Morgan fingerprint density at radius 2 is 2.19 bits per heavy atom. The number of thioether (sulfide) groups is 1. The van der Waals surface area contributed by atoms with Gasteiger partial charge in [-0.15, -0.1) is 0 Å². The highest BCUT2D eigenvalue weighted by molar-refractivity contribution is 8.18. The number of aryl methyl sites for hydroxylation is 1. The predicted octanol–water partition coefficient (Wildman–Crippen LogP) is 1.51. The molecule has 1 aromatic rings. The van der Waals surface area contributed by atoms with Gasteiger partial charge in [-0.1, -0.05) is 0 Å². The maximum absolute atomic E-state index is 12.1. The molecular formula is C14H18N4O2S. The van der Waals surface area contributed by atoms with Crippen molar-refractivity contribution >= 4 is 28.9 Å². The maximum atomic E-state index is 12.1. The smallest absolute Gasteiger partial charge is 0.286 e. The van der Waals surface area contributed by atoms with Crippen LogP contribution in [0, 0.1) is 6.92 Å². The Bertz CT molecular complexity index is 614. The van der Waals surface area contributed by atoms with E-state index in [2.05, 4.69) is 15.0 Å². The molecule has 1 fully saturated rings. The molecule has 3 rings (SSSR count). The van der Waals surface area contributed by atoms with E-state index in [0.717, 1.165) is 36.1 Å². The zero-order valence-electron chi connectivity index (χ0n) is 12.2. The molecular weight excluding hydrogens is 288 g/mol. The number of carbonyl (C=O) groups is 1. The summed E-state index contributed by atoms with van der Waals surface area (Å²) in [5.74, 6) is -0.162. The second-order valence-corrected chi connectivity index (χ2v) is 5.92. The largest absolute Gasteiger partial charge is 0.378 e. The fourth-order valence-corrected chi connectivity index (χ4v) is 3.31. The number of amidine groups is 1. The molecule has 1 saturated heterocycles. The maximum Gasteiger partial charge on any atom is 0.286 e. The molecule has 2 aliphatic heterocycles.